The average Bonchev–Trinajstić information content (AvgIpc) is 3.30. The minimum atomic E-state index is -0.660. The van der Waals surface area contributed by atoms with E-state index in [1.165, 1.54) is 16.2 Å². The van der Waals surface area contributed by atoms with Crippen LogP contribution in [0.3, 0.4) is 0 Å². The Balaban J connectivity index is 1.85. The standard InChI is InChI=1S/C19H10ClN3O3S/c20-11-3-4-13-12(8-11)16(24)14-15(10-2-1-5-21-9-10)23(18(25)17(14)26-13)19-22-6-7-27-19/h1-9,15H/t15-/m1/s1. The molecule has 8 heteroatoms. The fourth-order valence-corrected chi connectivity index (χ4v) is 4.17. The molecule has 0 fully saturated rings. The molecule has 1 amide bonds. The third-order valence-electron chi connectivity index (χ3n) is 4.46. The molecular weight excluding hydrogens is 386 g/mol. The summed E-state index contributed by atoms with van der Waals surface area (Å²) in [6, 6.07) is 7.69. The van der Waals surface area contributed by atoms with Gasteiger partial charge in [0.15, 0.2) is 10.6 Å². The molecule has 27 heavy (non-hydrogen) atoms. The number of pyridine rings is 1. The lowest BCUT2D eigenvalue weighted by Gasteiger charge is -2.22. The first kappa shape index (κ1) is 16.2. The van der Waals surface area contributed by atoms with Gasteiger partial charge in [-0.15, -0.1) is 11.3 Å². The number of aromatic nitrogens is 2. The van der Waals surface area contributed by atoms with Crippen molar-refractivity contribution in [1.82, 2.24) is 9.97 Å². The molecule has 5 rings (SSSR count). The van der Waals surface area contributed by atoms with E-state index in [2.05, 4.69) is 9.97 Å². The Morgan fingerprint density at radius 1 is 1.19 bits per heavy atom. The van der Waals surface area contributed by atoms with Gasteiger partial charge in [0, 0.05) is 29.0 Å². The third-order valence-corrected chi connectivity index (χ3v) is 5.46. The molecule has 1 aromatic carbocycles. The zero-order chi connectivity index (χ0) is 18.5. The van der Waals surface area contributed by atoms with Crippen molar-refractivity contribution in [3.05, 3.63) is 86.4 Å². The number of hydrogen-bond donors (Lipinski definition) is 0. The molecule has 0 N–H and O–H groups in total. The van der Waals surface area contributed by atoms with Crippen LogP contribution in [-0.4, -0.2) is 15.9 Å². The summed E-state index contributed by atoms with van der Waals surface area (Å²) in [6.45, 7) is 0. The Morgan fingerprint density at radius 3 is 2.81 bits per heavy atom. The van der Waals surface area contributed by atoms with Crippen molar-refractivity contribution in [1.29, 1.82) is 0 Å². The lowest BCUT2D eigenvalue weighted by atomic mass is 10.0. The summed E-state index contributed by atoms with van der Waals surface area (Å²) in [5, 5.41) is 3.02. The van der Waals surface area contributed by atoms with Gasteiger partial charge in [-0.2, -0.15) is 0 Å². The predicted octanol–water partition coefficient (Wildman–Crippen LogP) is 4.05. The van der Waals surface area contributed by atoms with Gasteiger partial charge in [0.1, 0.15) is 5.58 Å². The third kappa shape index (κ3) is 2.39. The number of hydrogen-bond acceptors (Lipinski definition) is 6. The molecule has 0 spiro atoms. The lowest BCUT2D eigenvalue weighted by molar-refractivity contribution is 0.0971. The van der Waals surface area contributed by atoms with Crippen LogP contribution in [-0.2, 0) is 0 Å². The van der Waals surface area contributed by atoms with Gasteiger partial charge in [0.2, 0.25) is 5.76 Å². The number of carbonyl (C=O) groups is 1. The molecule has 3 aromatic heterocycles. The molecule has 0 bridgehead atoms. The quantitative estimate of drug-likeness (QED) is 0.511. The van der Waals surface area contributed by atoms with E-state index in [1.807, 2.05) is 6.07 Å². The molecule has 4 heterocycles. The highest BCUT2D eigenvalue weighted by molar-refractivity contribution is 7.13. The normalized spacial score (nSPS) is 16.1. The Morgan fingerprint density at radius 2 is 2.07 bits per heavy atom. The SMILES string of the molecule is O=C1c2oc3ccc(Cl)cc3c(=O)c2[C@@H](c2cccnc2)N1c1nccs1. The van der Waals surface area contributed by atoms with Gasteiger partial charge in [-0.1, -0.05) is 17.7 Å². The van der Waals surface area contributed by atoms with Crippen molar-refractivity contribution in [2.75, 3.05) is 4.90 Å². The number of halogens is 1. The van der Waals surface area contributed by atoms with Crippen LogP contribution < -0.4 is 10.3 Å². The molecule has 1 atom stereocenters. The highest BCUT2D eigenvalue weighted by Gasteiger charge is 2.44. The average molecular weight is 396 g/mol. The van der Waals surface area contributed by atoms with Crippen LogP contribution in [0.1, 0.15) is 27.7 Å². The highest BCUT2D eigenvalue weighted by Crippen LogP contribution is 2.41. The fraction of sp³-hybridized carbons (Fsp3) is 0.0526. The number of anilines is 1. The monoisotopic (exact) mass is 395 g/mol. The molecule has 132 valence electrons. The van der Waals surface area contributed by atoms with E-state index in [9.17, 15) is 9.59 Å². The number of thiazole rings is 1. The first-order valence-electron chi connectivity index (χ1n) is 8.04. The van der Waals surface area contributed by atoms with E-state index < -0.39 is 11.9 Å². The molecule has 0 radical (unpaired) electrons. The van der Waals surface area contributed by atoms with E-state index in [-0.39, 0.29) is 16.8 Å². The molecule has 0 saturated carbocycles. The van der Waals surface area contributed by atoms with Crippen molar-refractivity contribution in [3.63, 3.8) is 0 Å². The Kier molecular flexibility index (Phi) is 3.60. The van der Waals surface area contributed by atoms with Crippen LogP contribution in [0.25, 0.3) is 11.0 Å². The Labute approximate surface area is 161 Å². The van der Waals surface area contributed by atoms with Crippen LogP contribution in [0.4, 0.5) is 5.13 Å². The first-order chi connectivity index (χ1) is 13.1. The molecular formula is C19H10ClN3O3S. The van der Waals surface area contributed by atoms with E-state index in [0.717, 1.165) is 0 Å². The topological polar surface area (TPSA) is 76.3 Å². The second-order valence-corrected chi connectivity index (χ2v) is 7.30. The van der Waals surface area contributed by atoms with E-state index in [4.69, 9.17) is 16.0 Å². The van der Waals surface area contributed by atoms with Gasteiger partial charge in [-0.05, 0) is 29.8 Å². The maximum atomic E-state index is 13.3. The van der Waals surface area contributed by atoms with Crippen molar-refractivity contribution < 1.29 is 9.21 Å². The molecule has 6 nitrogen and oxygen atoms in total. The maximum Gasteiger partial charge on any atom is 0.297 e. The van der Waals surface area contributed by atoms with Gasteiger partial charge >= 0.3 is 0 Å². The van der Waals surface area contributed by atoms with E-state index >= 15 is 0 Å². The summed E-state index contributed by atoms with van der Waals surface area (Å²) in [5.74, 6) is -0.373. The number of fused-ring (bicyclic) bond motifs is 2. The van der Waals surface area contributed by atoms with Gasteiger partial charge in [0.05, 0.1) is 17.0 Å². The van der Waals surface area contributed by atoms with Gasteiger partial charge < -0.3 is 4.42 Å². The van der Waals surface area contributed by atoms with Crippen molar-refractivity contribution >= 4 is 44.9 Å². The van der Waals surface area contributed by atoms with Crippen LogP contribution in [0.5, 0.6) is 0 Å². The minimum absolute atomic E-state index is 0.0267. The second kappa shape index (κ2) is 6.00. The molecule has 4 aromatic rings. The molecule has 1 aliphatic heterocycles. The zero-order valence-electron chi connectivity index (χ0n) is 13.6. The lowest BCUT2D eigenvalue weighted by Crippen LogP contribution is -2.29. The highest BCUT2D eigenvalue weighted by atomic mass is 35.5. The molecule has 0 saturated heterocycles. The molecule has 1 aliphatic rings. The van der Waals surface area contributed by atoms with Gasteiger partial charge in [-0.25, -0.2) is 4.98 Å². The van der Waals surface area contributed by atoms with Crippen LogP contribution >= 0.6 is 22.9 Å². The summed E-state index contributed by atoms with van der Waals surface area (Å²) in [7, 11) is 0. The number of amides is 1. The Bertz CT molecular complexity index is 1240. The number of rotatable bonds is 2. The van der Waals surface area contributed by atoms with Gasteiger partial charge in [-0.3, -0.25) is 19.5 Å². The summed E-state index contributed by atoms with van der Waals surface area (Å²) in [4.78, 5) is 36.3. The van der Waals surface area contributed by atoms with E-state index in [1.54, 1.807) is 48.2 Å². The summed E-state index contributed by atoms with van der Waals surface area (Å²) >= 11 is 7.37. The minimum Gasteiger partial charge on any atom is -0.450 e. The van der Waals surface area contributed by atoms with Crippen LogP contribution in [0, 0.1) is 0 Å². The number of carbonyl (C=O) groups excluding carboxylic acids is 1. The van der Waals surface area contributed by atoms with E-state index in [0.29, 0.717) is 26.7 Å². The van der Waals surface area contributed by atoms with Crippen LogP contribution in [0.2, 0.25) is 5.02 Å². The smallest absolute Gasteiger partial charge is 0.297 e. The van der Waals surface area contributed by atoms with Gasteiger partial charge in [0.25, 0.3) is 5.91 Å². The number of benzene rings is 1. The largest absolute Gasteiger partial charge is 0.450 e. The van der Waals surface area contributed by atoms with Crippen molar-refractivity contribution in [2.45, 2.75) is 6.04 Å². The second-order valence-electron chi connectivity index (χ2n) is 5.99. The Hall–Kier alpha value is -3.03. The first-order valence-corrected chi connectivity index (χ1v) is 9.30. The van der Waals surface area contributed by atoms with Crippen LogP contribution in [0.15, 0.2) is 63.5 Å². The summed E-state index contributed by atoms with van der Waals surface area (Å²) < 4.78 is 5.84. The molecule has 0 unspecified atom stereocenters. The number of nitrogens with zero attached hydrogens (tertiary/aromatic N) is 3. The molecule has 0 aliphatic carbocycles. The van der Waals surface area contributed by atoms with Crippen molar-refractivity contribution in [2.24, 2.45) is 0 Å². The summed E-state index contributed by atoms with van der Waals surface area (Å²) in [5.41, 5.74) is 1.02. The fourth-order valence-electron chi connectivity index (χ4n) is 3.33. The predicted molar refractivity (Wildman–Crippen MR) is 102 cm³/mol. The van der Waals surface area contributed by atoms with Crippen molar-refractivity contribution in [3.8, 4) is 0 Å². The maximum absolute atomic E-state index is 13.3. The zero-order valence-corrected chi connectivity index (χ0v) is 15.2. The summed E-state index contributed by atoms with van der Waals surface area (Å²) in [6.07, 6.45) is 4.88.